The van der Waals surface area contributed by atoms with Crippen LogP contribution >= 0.6 is 0 Å². The van der Waals surface area contributed by atoms with Gasteiger partial charge in [-0.1, -0.05) is 18.2 Å². The van der Waals surface area contributed by atoms with Crippen molar-refractivity contribution in [2.75, 3.05) is 13.7 Å². The molecule has 2 aromatic carbocycles. The first kappa shape index (κ1) is 14.5. The maximum Gasteiger partial charge on any atom is 0.337 e. The number of esters is 1. The number of hydrogen-bond donors (Lipinski definition) is 1. The van der Waals surface area contributed by atoms with Crippen molar-refractivity contribution in [3.8, 4) is 5.75 Å². The Balaban J connectivity index is 1.80. The molecule has 2 aromatic rings. The average molecular weight is 301 g/mol. The second-order valence-electron chi connectivity index (χ2n) is 5.11. The highest BCUT2D eigenvalue weighted by molar-refractivity contribution is 5.89. The molecule has 4 nitrogen and oxygen atoms in total. The van der Waals surface area contributed by atoms with E-state index in [9.17, 15) is 9.18 Å². The SMILES string of the molecule is COC(=O)c1ccc2c(c1)OC[C@H](c1ccc(F)cc1)NC2. The fourth-order valence-corrected chi connectivity index (χ4v) is 2.45. The summed E-state index contributed by atoms with van der Waals surface area (Å²) in [5.41, 5.74) is 2.39. The lowest BCUT2D eigenvalue weighted by Gasteiger charge is -2.15. The van der Waals surface area contributed by atoms with E-state index in [4.69, 9.17) is 9.47 Å². The number of carbonyl (C=O) groups is 1. The Morgan fingerprint density at radius 3 is 2.77 bits per heavy atom. The van der Waals surface area contributed by atoms with E-state index in [0.29, 0.717) is 24.5 Å². The first-order chi connectivity index (χ1) is 10.7. The highest BCUT2D eigenvalue weighted by atomic mass is 19.1. The molecule has 1 aliphatic rings. The van der Waals surface area contributed by atoms with Gasteiger partial charge in [0.25, 0.3) is 0 Å². The number of halogens is 1. The average Bonchev–Trinajstić information content (AvgIpc) is 2.77. The van der Waals surface area contributed by atoms with Crippen molar-refractivity contribution in [2.45, 2.75) is 12.6 Å². The van der Waals surface area contributed by atoms with E-state index in [2.05, 4.69) is 5.32 Å². The van der Waals surface area contributed by atoms with Crippen LogP contribution in [0.5, 0.6) is 5.75 Å². The molecule has 0 saturated carbocycles. The van der Waals surface area contributed by atoms with E-state index in [-0.39, 0.29) is 11.9 Å². The first-order valence-electron chi connectivity index (χ1n) is 7.00. The second kappa shape index (κ2) is 6.15. The van der Waals surface area contributed by atoms with Gasteiger partial charge in [0.2, 0.25) is 0 Å². The van der Waals surface area contributed by atoms with Crippen LogP contribution in [0.4, 0.5) is 4.39 Å². The Kier molecular flexibility index (Phi) is 4.06. The zero-order chi connectivity index (χ0) is 15.5. The van der Waals surface area contributed by atoms with E-state index in [1.807, 2.05) is 6.07 Å². The van der Waals surface area contributed by atoms with Crippen LogP contribution in [0.3, 0.4) is 0 Å². The normalized spacial score (nSPS) is 17.1. The molecule has 0 aromatic heterocycles. The topological polar surface area (TPSA) is 47.6 Å². The van der Waals surface area contributed by atoms with Crippen molar-refractivity contribution >= 4 is 5.97 Å². The Labute approximate surface area is 127 Å². The van der Waals surface area contributed by atoms with Crippen molar-refractivity contribution in [1.82, 2.24) is 5.32 Å². The van der Waals surface area contributed by atoms with Crippen LogP contribution in [0.25, 0.3) is 0 Å². The predicted molar refractivity (Wildman–Crippen MR) is 79.3 cm³/mol. The third-order valence-corrected chi connectivity index (χ3v) is 3.71. The molecule has 1 heterocycles. The summed E-state index contributed by atoms with van der Waals surface area (Å²) in [6.45, 7) is 1.02. The maximum absolute atomic E-state index is 13.0. The van der Waals surface area contributed by atoms with Crippen molar-refractivity contribution in [3.05, 3.63) is 65.0 Å². The molecule has 0 saturated heterocycles. The molecule has 5 heteroatoms. The van der Waals surface area contributed by atoms with Gasteiger partial charge in [0.1, 0.15) is 18.2 Å². The van der Waals surface area contributed by atoms with Crippen LogP contribution in [0, 0.1) is 5.82 Å². The van der Waals surface area contributed by atoms with Crippen LogP contribution in [-0.4, -0.2) is 19.7 Å². The molecule has 0 spiro atoms. The third-order valence-electron chi connectivity index (χ3n) is 3.71. The standard InChI is InChI=1S/C17H16FNO3/c1-21-17(20)12-2-3-13-9-19-15(10-22-16(13)8-12)11-4-6-14(18)7-5-11/h2-8,15,19H,9-10H2,1H3/t15-/m1/s1. The number of carbonyl (C=O) groups excluding carboxylic acids is 1. The van der Waals surface area contributed by atoms with Crippen LogP contribution in [0.1, 0.15) is 27.5 Å². The lowest BCUT2D eigenvalue weighted by Crippen LogP contribution is -2.23. The zero-order valence-corrected chi connectivity index (χ0v) is 12.1. The van der Waals surface area contributed by atoms with Gasteiger partial charge >= 0.3 is 5.97 Å². The van der Waals surface area contributed by atoms with Gasteiger partial charge in [-0.25, -0.2) is 9.18 Å². The van der Waals surface area contributed by atoms with E-state index in [0.717, 1.165) is 11.1 Å². The molecule has 0 fully saturated rings. The monoisotopic (exact) mass is 301 g/mol. The number of methoxy groups -OCH3 is 1. The number of ether oxygens (including phenoxy) is 2. The lowest BCUT2D eigenvalue weighted by atomic mass is 10.1. The summed E-state index contributed by atoms with van der Waals surface area (Å²) < 4.78 is 23.5. The van der Waals surface area contributed by atoms with Gasteiger partial charge in [-0.05, 0) is 29.8 Å². The molecule has 114 valence electrons. The summed E-state index contributed by atoms with van der Waals surface area (Å²) in [4.78, 5) is 11.6. The molecule has 22 heavy (non-hydrogen) atoms. The number of benzene rings is 2. The maximum atomic E-state index is 13.0. The molecule has 1 N–H and O–H groups in total. The number of fused-ring (bicyclic) bond motifs is 1. The number of nitrogens with one attached hydrogen (secondary N) is 1. The molecule has 0 unspecified atom stereocenters. The molecule has 0 amide bonds. The fourth-order valence-electron chi connectivity index (χ4n) is 2.45. The Morgan fingerprint density at radius 1 is 1.27 bits per heavy atom. The minimum Gasteiger partial charge on any atom is -0.491 e. The van der Waals surface area contributed by atoms with Gasteiger partial charge < -0.3 is 14.8 Å². The summed E-state index contributed by atoms with van der Waals surface area (Å²) in [5.74, 6) is 0.0167. The molecule has 1 atom stereocenters. The Bertz CT molecular complexity index is 685. The van der Waals surface area contributed by atoms with Gasteiger partial charge in [-0.15, -0.1) is 0 Å². The molecule has 3 rings (SSSR count). The van der Waals surface area contributed by atoms with Gasteiger partial charge in [-0.3, -0.25) is 0 Å². The van der Waals surface area contributed by atoms with Crippen molar-refractivity contribution < 1.29 is 18.7 Å². The number of hydrogen-bond acceptors (Lipinski definition) is 4. The van der Waals surface area contributed by atoms with Crippen LogP contribution in [0.15, 0.2) is 42.5 Å². The van der Waals surface area contributed by atoms with Gasteiger partial charge in [0.05, 0.1) is 18.7 Å². The van der Waals surface area contributed by atoms with Crippen LogP contribution < -0.4 is 10.1 Å². The van der Waals surface area contributed by atoms with Crippen molar-refractivity contribution in [3.63, 3.8) is 0 Å². The highest BCUT2D eigenvalue weighted by Crippen LogP contribution is 2.27. The van der Waals surface area contributed by atoms with Gasteiger partial charge in [-0.2, -0.15) is 0 Å². The smallest absolute Gasteiger partial charge is 0.337 e. The quantitative estimate of drug-likeness (QED) is 0.867. The summed E-state index contributed by atoms with van der Waals surface area (Å²) >= 11 is 0. The lowest BCUT2D eigenvalue weighted by molar-refractivity contribution is 0.0600. The zero-order valence-electron chi connectivity index (χ0n) is 12.1. The summed E-state index contributed by atoms with van der Waals surface area (Å²) in [6.07, 6.45) is 0. The Hall–Kier alpha value is -2.40. The van der Waals surface area contributed by atoms with Gasteiger partial charge in [0, 0.05) is 12.1 Å². The van der Waals surface area contributed by atoms with Crippen LogP contribution in [-0.2, 0) is 11.3 Å². The predicted octanol–water partition coefficient (Wildman–Crippen LogP) is 2.84. The second-order valence-corrected chi connectivity index (χ2v) is 5.11. The minimum absolute atomic E-state index is 0.0328. The highest BCUT2D eigenvalue weighted by Gasteiger charge is 2.19. The van der Waals surface area contributed by atoms with E-state index >= 15 is 0 Å². The van der Waals surface area contributed by atoms with E-state index < -0.39 is 5.97 Å². The molecule has 0 radical (unpaired) electrons. The largest absolute Gasteiger partial charge is 0.491 e. The van der Waals surface area contributed by atoms with E-state index in [1.165, 1.54) is 19.2 Å². The third kappa shape index (κ3) is 2.94. The summed E-state index contributed by atoms with van der Waals surface area (Å²) in [6, 6.07) is 11.6. The summed E-state index contributed by atoms with van der Waals surface area (Å²) in [7, 11) is 1.35. The molecule has 0 aliphatic carbocycles. The molecule has 0 bridgehead atoms. The summed E-state index contributed by atoms with van der Waals surface area (Å²) in [5, 5.41) is 3.37. The Morgan fingerprint density at radius 2 is 2.05 bits per heavy atom. The van der Waals surface area contributed by atoms with Crippen LogP contribution in [0.2, 0.25) is 0 Å². The molecule has 1 aliphatic heterocycles. The van der Waals surface area contributed by atoms with Crippen molar-refractivity contribution in [1.29, 1.82) is 0 Å². The first-order valence-corrected chi connectivity index (χ1v) is 7.00. The van der Waals surface area contributed by atoms with Gasteiger partial charge in [0.15, 0.2) is 0 Å². The molecular weight excluding hydrogens is 285 g/mol. The number of rotatable bonds is 2. The minimum atomic E-state index is -0.390. The van der Waals surface area contributed by atoms with E-state index in [1.54, 1.807) is 24.3 Å². The van der Waals surface area contributed by atoms with Crippen molar-refractivity contribution in [2.24, 2.45) is 0 Å². The fraction of sp³-hybridized carbons (Fsp3) is 0.235. The molecular formula is C17H16FNO3.